The normalized spacial score (nSPS) is 10.8. The molecule has 0 aliphatic carbocycles. The molecule has 25 heavy (non-hydrogen) atoms. The molecule has 0 aliphatic heterocycles. The molecular formula is C21H18O4. The van der Waals surface area contributed by atoms with Gasteiger partial charge in [-0.1, -0.05) is 37.9 Å². The van der Waals surface area contributed by atoms with Crippen molar-refractivity contribution in [1.82, 2.24) is 0 Å². The Morgan fingerprint density at radius 1 is 0.960 bits per heavy atom. The lowest BCUT2D eigenvalue weighted by molar-refractivity contribution is -0.133. The highest BCUT2D eigenvalue weighted by molar-refractivity contribution is 5.91. The van der Waals surface area contributed by atoms with E-state index in [4.69, 9.17) is 9.47 Å². The number of fused-ring (bicyclic) bond motifs is 1. The summed E-state index contributed by atoms with van der Waals surface area (Å²) in [4.78, 5) is 22.6. The van der Waals surface area contributed by atoms with Crippen LogP contribution in [0.3, 0.4) is 0 Å². The van der Waals surface area contributed by atoms with Gasteiger partial charge in [0, 0.05) is 12.2 Å². The maximum absolute atomic E-state index is 11.3. The number of carbonyl (C=O) groups excluding carboxylic acids is 2. The van der Waals surface area contributed by atoms with Gasteiger partial charge >= 0.3 is 11.9 Å². The van der Waals surface area contributed by atoms with E-state index < -0.39 is 11.9 Å². The van der Waals surface area contributed by atoms with Crippen molar-refractivity contribution in [1.29, 1.82) is 0 Å². The Morgan fingerprint density at radius 3 is 2.32 bits per heavy atom. The number of aryl methyl sites for hydroxylation is 1. The van der Waals surface area contributed by atoms with Crippen molar-refractivity contribution in [3.63, 3.8) is 0 Å². The van der Waals surface area contributed by atoms with Crippen molar-refractivity contribution in [3.05, 3.63) is 85.2 Å². The average Bonchev–Trinajstić information content (AvgIpc) is 2.62. The fourth-order valence-corrected chi connectivity index (χ4v) is 2.30. The van der Waals surface area contributed by atoms with Gasteiger partial charge in [-0.3, -0.25) is 0 Å². The SMILES string of the molecule is C=CC(=O)O/C(C=C)=C/c1ccc2cc(OC(=O)C=C)ccc2c1C. The third-order valence-electron chi connectivity index (χ3n) is 3.57. The summed E-state index contributed by atoms with van der Waals surface area (Å²) >= 11 is 0. The van der Waals surface area contributed by atoms with E-state index in [9.17, 15) is 9.59 Å². The highest BCUT2D eigenvalue weighted by Crippen LogP contribution is 2.27. The summed E-state index contributed by atoms with van der Waals surface area (Å²) in [5, 5.41) is 1.91. The Balaban J connectivity index is 2.42. The van der Waals surface area contributed by atoms with Crippen molar-refractivity contribution in [3.8, 4) is 5.75 Å². The van der Waals surface area contributed by atoms with Gasteiger partial charge in [-0.15, -0.1) is 0 Å². The molecule has 2 aromatic carbocycles. The molecule has 0 heterocycles. The lowest BCUT2D eigenvalue weighted by atomic mass is 9.99. The summed E-state index contributed by atoms with van der Waals surface area (Å²) in [5.74, 6) is -0.260. The van der Waals surface area contributed by atoms with Crippen LogP contribution in [0.25, 0.3) is 16.8 Å². The molecule has 0 radical (unpaired) electrons. The second-order valence-electron chi connectivity index (χ2n) is 5.16. The smallest absolute Gasteiger partial charge is 0.335 e. The number of rotatable bonds is 6. The number of hydrogen-bond acceptors (Lipinski definition) is 4. The standard InChI is InChI=1S/C21H18O4/c1-5-17(24-20(22)6-2)12-15-8-9-16-13-18(25-21(23)7-3)10-11-19(16)14(15)4/h5-13H,1-3H2,4H3/b17-12+. The molecule has 0 atom stereocenters. The summed E-state index contributed by atoms with van der Waals surface area (Å²) < 4.78 is 10.2. The van der Waals surface area contributed by atoms with Crippen LogP contribution in [-0.4, -0.2) is 11.9 Å². The van der Waals surface area contributed by atoms with E-state index in [2.05, 4.69) is 19.7 Å². The van der Waals surface area contributed by atoms with Gasteiger partial charge in [0.1, 0.15) is 11.5 Å². The van der Waals surface area contributed by atoms with Crippen LogP contribution in [0.5, 0.6) is 5.75 Å². The van der Waals surface area contributed by atoms with E-state index in [-0.39, 0.29) is 0 Å². The van der Waals surface area contributed by atoms with Crippen molar-refractivity contribution in [2.24, 2.45) is 0 Å². The molecule has 0 saturated heterocycles. The quantitative estimate of drug-likeness (QED) is 0.257. The molecule has 0 bridgehead atoms. The molecule has 0 saturated carbocycles. The summed E-state index contributed by atoms with van der Waals surface area (Å²) in [6.07, 6.45) is 5.40. The first-order valence-electron chi connectivity index (χ1n) is 7.54. The van der Waals surface area contributed by atoms with Gasteiger partial charge in [-0.05, 0) is 53.1 Å². The van der Waals surface area contributed by atoms with Crippen LogP contribution in [-0.2, 0) is 14.3 Å². The number of ether oxygens (including phenoxy) is 2. The fourth-order valence-electron chi connectivity index (χ4n) is 2.30. The van der Waals surface area contributed by atoms with Crippen LogP contribution in [0.1, 0.15) is 11.1 Å². The van der Waals surface area contributed by atoms with E-state index in [1.165, 1.54) is 6.08 Å². The first-order chi connectivity index (χ1) is 12.0. The van der Waals surface area contributed by atoms with E-state index in [0.717, 1.165) is 34.1 Å². The second-order valence-corrected chi connectivity index (χ2v) is 5.16. The molecule has 0 amide bonds. The molecule has 0 N–H and O–H groups in total. The number of hydrogen-bond donors (Lipinski definition) is 0. The Kier molecular flexibility index (Phi) is 5.69. The lowest BCUT2D eigenvalue weighted by Crippen LogP contribution is -2.02. The molecule has 0 aromatic heterocycles. The number of benzene rings is 2. The molecule has 126 valence electrons. The first kappa shape index (κ1) is 17.9. The molecule has 0 spiro atoms. The van der Waals surface area contributed by atoms with Crippen LogP contribution in [0.4, 0.5) is 0 Å². The van der Waals surface area contributed by atoms with Crippen molar-refractivity contribution < 1.29 is 19.1 Å². The molecule has 2 rings (SSSR count). The zero-order chi connectivity index (χ0) is 18.4. The van der Waals surface area contributed by atoms with Gasteiger partial charge < -0.3 is 9.47 Å². The van der Waals surface area contributed by atoms with Crippen LogP contribution in [0, 0.1) is 6.92 Å². The van der Waals surface area contributed by atoms with Crippen LogP contribution >= 0.6 is 0 Å². The Hall–Kier alpha value is -3.40. The summed E-state index contributed by atoms with van der Waals surface area (Å²) in [5.41, 5.74) is 1.88. The predicted octanol–water partition coefficient (Wildman–Crippen LogP) is 4.50. The molecule has 4 heteroatoms. The number of allylic oxidation sites excluding steroid dienone is 1. The third kappa shape index (κ3) is 4.32. The third-order valence-corrected chi connectivity index (χ3v) is 3.57. The fraction of sp³-hybridized carbons (Fsp3) is 0.0476. The molecule has 2 aromatic rings. The summed E-state index contributed by atoms with van der Waals surface area (Å²) in [6.45, 7) is 12.4. The minimum Gasteiger partial charge on any atom is -0.423 e. The average molecular weight is 334 g/mol. The Bertz CT molecular complexity index is 903. The number of esters is 2. The van der Waals surface area contributed by atoms with Crippen molar-refractivity contribution >= 4 is 28.8 Å². The minimum absolute atomic E-state index is 0.337. The van der Waals surface area contributed by atoms with Gasteiger partial charge in [0.15, 0.2) is 0 Å². The zero-order valence-corrected chi connectivity index (χ0v) is 14.0. The second kappa shape index (κ2) is 7.93. The molecule has 0 fully saturated rings. The predicted molar refractivity (Wildman–Crippen MR) is 99.0 cm³/mol. The first-order valence-corrected chi connectivity index (χ1v) is 7.54. The minimum atomic E-state index is -0.543. The van der Waals surface area contributed by atoms with Crippen LogP contribution < -0.4 is 4.74 Å². The highest BCUT2D eigenvalue weighted by Gasteiger charge is 2.07. The van der Waals surface area contributed by atoms with Gasteiger partial charge in [-0.25, -0.2) is 9.59 Å². The van der Waals surface area contributed by atoms with Gasteiger partial charge in [0.05, 0.1) is 0 Å². The summed E-state index contributed by atoms with van der Waals surface area (Å²) in [6, 6.07) is 9.16. The Labute approximate surface area is 146 Å². The van der Waals surface area contributed by atoms with E-state index in [1.54, 1.807) is 18.2 Å². The Morgan fingerprint density at radius 2 is 1.68 bits per heavy atom. The molecule has 0 unspecified atom stereocenters. The van der Waals surface area contributed by atoms with E-state index in [1.807, 2.05) is 25.1 Å². The van der Waals surface area contributed by atoms with E-state index >= 15 is 0 Å². The zero-order valence-electron chi connectivity index (χ0n) is 14.0. The van der Waals surface area contributed by atoms with Gasteiger partial charge in [0.2, 0.25) is 0 Å². The number of carbonyl (C=O) groups is 2. The highest BCUT2D eigenvalue weighted by atomic mass is 16.5. The lowest BCUT2D eigenvalue weighted by Gasteiger charge is -2.09. The van der Waals surface area contributed by atoms with Gasteiger partial charge in [0.25, 0.3) is 0 Å². The topological polar surface area (TPSA) is 52.6 Å². The molecule has 0 aliphatic rings. The maximum Gasteiger partial charge on any atom is 0.335 e. The van der Waals surface area contributed by atoms with Crippen molar-refractivity contribution in [2.45, 2.75) is 6.92 Å². The largest absolute Gasteiger partial charge is 0.423 e. The van der Waals surface area contributed by atoms with E-state index in [0.29, 0.717) is 11.5 Å². The maximum atomic E-state index is 11.3. The molecular weight excluding hydrogens is 316 g/mol. The van der Waals surface area contributed by atoms with Gasteiger partial charge in [-0.2, -0.15) is 0 Å². The monoisotopic (exact) mass is 334 g/mol. The van der Waals surface area contributed by atoms with Crippen LogP contribution in [0.2, 0.25) is 0 Å². The summed E-state index contributed by atoms with van der Waals surface area (Å²) in [7, 11) is 0. The van der Waals surface area contributed by atoms with Crippen LogP contribution in [0.15, 0.2) is 74.1 Å². The molecule has 4 nitrogen and oxygen atoms in total. The van der Waals surface area contributed by atoms with Crippen molar-refractivity contribution in [2.75, 3.05) is 0 Å².